The van der Waals surface area contributed by atoms with Gasteiger partial charge in [-0.05, 0) is 12.0 Å². The number of hydrogen-bond acceptors (Lipinski definition) is 4. The van der Waals surface area contributed by atoms with Crippen molar-refractivity contribution in [2.45, 2.75) is 38.1 Å². The van der Waals surface area contributed by atoms with Crippen LogP contribution in [0.2, 0.25) is 0 Å². The van der Waals surface area contributed by atoms with Crippen molar-refractivity contribution < 1.29 is 9.13 Å². The Morgan fingerprint density at radius 1 is 1.62 bits per heavy atom. The highest BCUT2D eigenvalue weighted by atomic mass is 19.1. The van der Waals surface area contributed by atoms with E-state index in [0.29, 0.717) is 6.42 Å². The third-order valence-electron chi connectivity index (χ3n) is 4.12. The van der Waals surface area contributed by atoms with Crippen molar-refractivity contribution in [1.82, 2.24) is 9.55 Å². The van der Waals surface area contributed by atoms with Crippen LogP contribution in [0, 0.1) is 5.92 Å². The van der Waals surface area contributed by atoms with Crippen LogP contribution >= 0.6 is 0 Å². The second kappa shape index (κ2) is 5.71. The van der Waals surface area contributed by atoms with Gasteiger partial charge < -0.3 is 4.74 Å². The lowest BCUT2D eigenvalue weighted by Gasteiger charge is -2.28. The SMILES string of the molecule is CC[C@@]1(CF)O[C@@H](n2ccc(=O)[nH]c2=O)[C@@H](N=[N+]=[N-])[C@@H]1C. The Morgan fingerprint density at radius 2 is 2.33 bits per heavy atom. The molecule has 4 atom stereocenters. The van der Waals surface area contributed by atoms with Gasteiger partial charge >= 0.3 is 5.69 Å². The minimum absolute atomic E-state index is 0.372. The van der Waals surface area contributed by atoms with E-state index in [1.54, 1.807) is 13.8 Å². The van der Waals surface area contributed by atoms with Gasteiger partial charge in [0.05, 0.1) is 6.04 Å². The Hall–Kier alpha value is -2.12. The zero-order chi connectivity index (χ0) is 15.6. The van der Waals surface area contributed by atoms with E-state index in [4.69, 9.17) is 10.3 Å². The predicted octanol–water partition coefficient (Wildman–Crippen LogP) is 1.50. The van der Waals surface area contributed by atoms with Crippen molar-refractivity contribution in [3.05, 3.63) is 43.5 Å². The summed E-state index contributed by atoms with van der Waals surface area (Å²) in [6, 6.07) is 0.415. The predicted molar refractivity (Wildman–Crippen MR) is 72.5 cm³/mol. The summed E-state index contributed by atoms with van der Waals surface area (Å²) in [6.07, 6.45) is 0.676. The Kier molecular flexibility index (Phi) is 4.15. The standard InChI is InChI=1S/C12H16FN5O3/c1-3-12(6-13)7(2)9(16-17-14)10(21-12)18-5-4-8(19)15-11(18)20/h4-5,7,9-10H,3,6H2,1-2H3,(H,15,19,20)/t7-,9-,10+,12-/m0/s1. The lowest BCUT2D eigenvalue weighted by atomic mass is 9.85. The maximum atomic E-state index is 13.5. The number of rotatable bonds is 4. The molecule has 9 heteroatoms. The Bertz CT molecular complexity index is 674. The van der Waals surface area contributed by atoms with Crippen LogP contribution in [-0.4, -0.2) is 27.9 Å². The molecule has 0 spiro atoms. The molecule has 1 N–H and O–H groups in total. The van der Waals surface area contributed by atoms with Gasteiger partial charge in [-0.2, -0.15) is 0 Å². The summed E-state index contributed by atoms with van der Waals surface area (Å²) in [7, 11) is 0. The Balaban J connectivity index is 2.53. The van der Waals surface area contributed by atoms with Crippen LogP contribution in [0.1, 0.15) is 26.5 Å². The summed E-state index contributed by atoms with van der Waals surface area (Å²) in [5.41, 5.74) is 6.35. The van der Waals surface area contributed by atoms with Crippen molar-refractivity contribution >= 4 is 0 Å². The van der Waals surface area contributed by atoms with E-state index in [2.05, 4.69) is 15.0 Å². The van der Waals surface area contributed by atoms with Crippen molar-refractivity contribution in [3.63, 3.8) is 0 Å². The van der Waals surface area contributed by atoms with Crippen LogP contribution in [0.4, 0.5) is 4.39 Å². The molecule has 1 aromatic heterocycles. The van der Waals surface area contributed by atoms with E-state index in [9.17, 15) is 14.0 Å². The fourth-order valence-corrected chi connectivity index (χ4v) is 2.69. The minimum atomic E-state index is -1.11. The number of nitrogens with one attached hydrogen (secondary N) is 1. The molecular weight excluding hydrogens is 281 g/mol. The summed E-state index contributed by atoms with van der Waals surface area (Å²) >= 11 is 0. The minimum Gasteiger partial charge on any atom is -0.348 e. The van der Waals surface area contributed by atoms with E-state index in [1.165, 1.54) is 6.20 Å². The molecule has 1 aliphatic rings. The number of nitrogens with zero attached hydrogens (tertiary/aromatic N) is 4. The molecule has 1 aliphatic heterocycles. The fraction of sp³-hybridized carbons (Fsp3) is 0.667. The largest absolute Gasteiger partial charge is 0.348 e. The summed E-state index contributed by atoms with van der Waals surface area (Å²) in [5, 5.41) is 3.65. The van der Waals surface area contributed by atoms with Crippen molar-refractivity contribution in [2.24, 2.45) is 11.0 Å². The van der Waals surface area contributed by atoms with Crippen molar-refractivity contribution in [1.29, 1.82) is 0 Å². The van der Waals surface area contributed by atoms with Gasteiger partial charge in [0.25, 0.3) is 5.56 Å². The molecule has 0 amide bonds. The summed E-state index contributed by atoms with van der Waals surface area (Å²) in [5.74, 6) is -0.410. The summed E-state index contributed by atoms with van der Waals surface area (Å²) in [6.45, 7) is 2.73. The van der Waals surface area contributed by atoms with Crippen LogP contribution in [0.25, 0.3) is 10.4 Å². The molecule has 114 valence electrons. The molecule has 0 saturated carbocycles. The van der Waals surface area contributed by atoms with Gasteiger partial charge in [0.1, 0.15) is 18.5 Å². The molecule has 2 heterocycles. The van der Waals surface area contributed by atoms with E-state index in [-0.39, 0.29) is 0 Å². The lowest BCUT2D eigenvalue weighted by molar-refractivity contribution is -0.0990. The average molecular weight is 297 g/mol. The van der Waals surface area contributed by atoms with E-state index in [1.807, 2.05) is 0 Å². The Morgan fingerprint density at radius 3 is 2.86 bits per heavy atom. The smallest absolute Gasteiger partial charge is 0.330 e. The van der Waals surface area contributed by atoms with Gasteiger partial charge in [0.2, 0.25) is 0 Å². The van der Waals surface area contributed by atoms with E-state index < -0.39 is 41.7 Å². The van der Waals surface area contributed by atoms with Gasteiger partial charge in [0, 0.05) is 23.1 Å². The van der Waals surface area contributed by atoms with Crippen LogP contribution in [0.15, 0.2) is 27.0 Å². The molecule has 0 aliphatic carbocycles. The zero-order valence-electron chi connectivity index (χ0n) is 11.7. The highest BCUT2D eigenvalue weighted by Crippen LogP contribution is 2.44. The van der Waals surface area contributed by atoms with E-state index in [0.717, 1.165) is 10.6 Å². The number of azide groups is 1. The van der Waals surface area contributed by atoms with Gasteiger partial charge in [-0.1, -0.05) is 19.0 Å². The lowest BCUT2D eigenvalue weighted by Crippen LogP contribution is -2.37. The third-order valence-corrected chi connectivity index (χ3v) is 4.12. The maximum Gasteiger partial charge on any atom is 0.330 e. The molecule has 1 fully saturated rings. The second-order valence-electron chi connectivity index (χ2n) is 5.06. The Labute approximate surface area is 119 Å². The molecular formula is C12H16FN5O3. The molecule has 0 unspecified atom stereocenters. The molecule has 0 bridgehead atoms. The first kappa shape index (κ1) is 15.3. The second-order valence-corrected chi connectivity index (χ2v) is 5.06. The average Bonchev–Trinajstić information content (AvgIpc) is 2.74. The fourth-order valence-electron chi connectivity index (χ4n) is 2.69. The highest BCUT2D eigenvalue weighted by molar-refractivity contribution is 5.02. The topological polar surface area (TPSA) is 113 Å². The number of alkyl halides is 1. The van der Waals surface area contributed by atoms with Crippen LogP contribution in [0.3, 0.4) is 0 Å². The number of ether oxygens (including phenoxy) is 1. The first-order valence-electron chi connectivity index (χ1n) is 6.58. The van der Waals surface area contributed by atoms with E-state index >= 15 is 0 Å². The number of hydrogen-bond donors (Lipinski definition) is 1. The normalized spacial score (nSPS) is 31.9. The van der Waals surface area contributed by atoms with Gasteiger partial charge in [-0.3, -0.25) is 14.3 Å². The number of aromatic nitrogens is 2. The van der Waals surface area contributed by atoms with Crippen LogP contribution < -0.4 is 11.2 Å². The molecule has 0 aromatic carbocycles. The van der Waals surface area contributed by atoms with Crippen LogP contribution in [0.5, 0.6) is 0 Å². The van der Waals surface area contributed by atoms with Gasteiger partial charge in [-0.25, -0.2) is 9.18 Å². The molecule has 1 aromatic rings. The number of H-pyrrole nitrogens is 1. The van der Waals surface area contributed by atoms with Crippen molar-refractivity contribution in [3.8, 4) is 0 Å². The highest BCUT2D eigenvalue weighted by Gasteiger charge is 2.52. The third kappa shape index (κ3) is 2.45. The van der Waals surface area contributed by atoms with Crippen molar-refractivity contribution in [2.75, 3.05) is 6.67 Å². The first-order chi connectivity index (χ1) is 9.99. The van der Waals surface area contributed by atoms with Crippen LogP contribution in [-0.2, 0) is 4.74 Å². The number of halogens is 1. The zero-order valence-corrected chi connectivity index (χ0v) is 11.7. The summed E-state index contributed by atoms with van der Waals surface area (Å²) < 4.78 is 20.3. The monoisotopic (exact) mass is 297 g/mol. The van der Waals surface area contributed by atoms with Gasteiger partial charge in [0.15, 0.2) is 0 Å². The summed E-state index contributed by atoms with van der Waals surface area (Å²) in [4.78, 5) is 27.8. The molecule has 2 rings (SSSR count). The molecule has 0 radical (unpaired) electrons. The first-order valence-corrected chi connectivity index (χ1v) is 6.58. The number of aromatic amines is 1. The van der Waals surface area contributed by atoms with Gasteiger partial charge in [-0.15, -0.1) is 0 Å². The molecule has 1 saturated heterocycles. The molecule has 8 nitrogen and oxygen atoms in total. The molecule has 21 heavy (non-hydrogen) atoms. The quantitative estimate of drug-likeness (QED) is 0.516. The maximum absolute atomic E-state index is 13.5.